The summed E-state index contributed by atoms with van der Waals surface area (Å²) < 4.78 is 42.4. The largest absolute Gasteiger partial charge is 0.493 e. The Labute approximate surface area is 264 Å². The summed E-state index contributed by atoms with van der Waals surface area (Å²) in [5, 5.41) is 13.9. The Balaban J connectivity index is 0.00000340. The minimum absolute atomic E-state index is 0.00829. The van der Waals surface area contributed by atoms with Gasteiger partial charge in [0.25, 0.3) is 10.1 Å². The number of benzene rings is 1. The maximum atomic E-state index is 12.9. The normalized spacial score (nSPS) is 14.7. The molecule has 0 aliphatic rings. The molecule has 1 rings (SSSR count). The number of primary amides is 1. The fraction of sp³-hybridized carbons (Fsp3) is 0.742. The van der Waals surface area contributed by atoms with Gasteiger partial charge in [-0.2, -0.15) is 8.42 Å². The molecule has 0 saturated carbocycles. The van der Waals surface area contributed by atoms with E-state index in [1.165, 1.54) is 0 Å². The minimum atomic E-state index is -3.67. The maximum absolute atomic E-state index is 12.9. The lowest BCUT2D eigenvalue weighted by molar-refractivity contribution is -0.130. The van der Waals surface area contributed by atoms with Crippen LogP contribution in [0.2, 0.25) is 0 Å². The Morgan fingerprint density at radius 2 is 1.61 bits per heavy atom. The van der Waals surface area contributed by atoms with Crippen LogP contribution in [0, 0.1) is 29.1 Å². The molecule has 0 aliphatic heterocycles. The Kier molecular flexibility index (Phi) is 18.7. The zero-order valence-corrected chi connectivity index (χ0v) is 28.8. The average Bonchev–Trinajstić information content (AvgIpc) is 2.91. The van der Waals surface area contributed by atoms with Crippen LogP contribution in [0.25, 0.3) is 0 Å². The van der Waals surface area contributed by atoms with E-state index >= 15 is 0 Å². The smallest absolute Gasteiger partial charge is 0.261 e. The highest BCUT2D eigenvalue weighted by atomic mass is 32.2. The molecule has 256 valence electrons. The highest BCUT2D eigenvalue weighted by molar-refractivity contribution is 7.85. The van der Waals surface area contributed by atoms with Crippen LogP contribution >= 0.6 is 0 Å². The monoisotopic (exact) mass is 647 g/mol. The van der Waals surface area contributed by atoms with E-state index in [4.69, 9.17) is 30.2 Å². The molecule has 4 atom stereocenters. The fourth-order valence-corrected chi connectivity index (χ4v) is 4.39. The Hall–Kier alpha value is -2.45. The number of hydrogen-bond donors (Lipinski definition) is 5. The van der Waals surface area contributed by atoms with Gasteiger partial charge in [-0.15, -0.1) is 0 Å². The van der Waals surface area contributed by atoms with Gasteiger partial charge in [-0.1, -0.05) is 33.8 Å². The standard InChI is InChI=1S/C30H53N3O6.CH4O3S/c1-19(2)22(14-21-10-11-26(38-8)27(15-21)39-13-9-12-37-7)16-24(31)25(34)17-23(20(3)4)28(35)33-18-30(5,6)29(32)36;1-5(2,3)4/h10-11,15,19-20,22-25,34H,9,12-14,16-18,31H2,1-8H3,(H2,32,36)(H,33,35);1H3,(H,2,3,4)/t22-,23-,24-,25-;/m0./s1. The highest BCUT2D eigenvalue weighted by Gasteiger charge is 2.32. The molecular weight excluding hydrogens is 590 g/mol. The molecule has 44 heavy (non-hydrogen) atoms. The van der Waals surface area contributed by atoms with E-state index in [9.17, 15) is 23.1 Å². The van der Waals surface area contributed by atoms with Crippen molar-refractivity contribution >= 4 is 21.9 Å². The van der Waals surface area contributed by atoms with Crippen LogP contribution in [0.1, 0.15) is 66.4 Å². The number of ether oxygens (including phenoxy) is 3. The van der Waals surface area contributed by atoms with Crippen LogP contribution in [0.5, 0.6) is 11.5 Å². The fourth-order valence-electron chi connectivity index (χ4n) is 4.39. The van der Waals surface area contributed by atoms with E-state index in [0.717, 1.165) is 18.4 Å². The van der Waals surface area contributed by atoms with Crippen molar-refractivity contribution < 1.29 is 41.9 Å². The van der Waals surface area contributed by atoms with Gasteiger partial charge in [-0.25, -0.2) is 0 Å². The van der Waals surface area contributed by atoms with Crippen molar-refractivity contribution in [1.29, 1.82) is 0 Å². The van der Waals surface area contributed by atoms with Crippen molar-refractivity contribution in [2.45, 2.75) is 79.4 Å². The molecule has 0 heterocycles. The molecule has 0 spiro atoms. The predicted molar refractivity (Wildman–Crippen MR) is 172 cm³/mol. The lowest BCUT2D eigenvalue weighted by atomic mass is 9.80. The number of amides is 2. The summed E-state index contributed by atoms with van der Waals surface area (Å²) >= 11 is 0. The zero-order valence-electron chi connectivity index (χ0n) is 28.0. The SMILES string of the molecule is COCCCOc1cc(C[C@@H](C[C@H](N)[C@@H](O)C[C@H](C(=O)NCC(C)(C)C(N)=O)C(C)C)C(C)C)ccc1OC.CS(=O)(=O)O. The van der Waals surface area contributed by atoms with Crippen molar-refractivity contribution in [1.82, 2.24) is 5.32 Å². The van der Waals surface area contributed by atoms with Crippen LogP contribution < -0.4 is 26.3 Å². The number of nitrogens with one attached hydrogen (secondary N) is 1. The van der Waals surface area contributed by atoms with Crippen molar-refractivity contribution in [2.75, 3.05) is 40.2 Å². The zero-order chi connectivity index (χ0) is 34.3. The molecule has 0 saturated heterocycles. The first kappa shape index (κ1) is 41.5. The highest BCUT2D eigenvalue weighted by Crippen LogP contribution is 2.32. The molecule has 1 aromatic carbocycles. The first-order chi connectivity index (χ1) is 20.2. The first-order valence-electron chi connectivity index (χ1n) is 15.0. The van der Waals surface area contributed by atoms with E-state index < -0.39 is 39.5 Å². The van der Waals surface area contributed by atoms with Crippen LogP contribution in [0.15, 0.2) is 18.2 Å². The van der Waals surface area contributed by atoms with Gasteiger partial charge >= 0.3 is 0 Å². The van der Waals surface area contributed by atoms with Gasteiger partial charge in [0.05, 0.1) is 31.5 Å². The molecule has 12 nitrogen and oxygen atoms in total. The van der Waals surface area contributed by atoms with Gasteiger partial charge in [0.15, 0.2) is 11.5 Å². The number of carbonyl (C=O) groups excluding carboxylic acids is 2. The Bertz CT molecular complexity index is 1100. The van der Waals surface area contributed by atoms with Crippen molar-refractivity contribution in [2.24, 2.45) is 40.6 Å². The van der Waals surface area contributed by atoms with Gasteiger partial charge in [0.1, 0.15) is 0 Å². The van der Waals surface area contributed by atoms with Crippen molar-refractivity contribution in [3.05, 3.63) is 23.8 Å². The number of aliphatic hydroxyl groups excluding tert-OH is 1. The van der Waals surface area contributed by atoms with E-state index in [0.29, 0.717) is 43.3 Å². The number of nitrogens with two attached hydrogens (primary N) is 2. The van der Waals surface area contributed by atoms with Gasteiger partial charge in [0, 0.05) is 38.6 Å². The second-order valence-electron chi connectivity index (χ2n) is 12.6. The second kappa shape index (κ2) is 19.8. The molecule has 7 N–H and O–H groups in total. The number of rotatable bonds is 19. The van der Waals surface area contributed by atoms with Crippen LogP contribution in [-0.4, -0.2) is 82.3 Å². The van der Waals surface area contributed by atoms with Gasteiger partial charge in [-0.05, 0) is 68.6 Å². The van der Waals surface area contributed by atoms with Gasteiger partial charge < -0.3 is 36.1 Å². The first-order valence-corrected chi connectivity index (χ1v) is 16.8. The summed E-state index contributed by atoms with van der Waals surface area (Å²) in [4.78, 5) is 24.5. The van der Waals surface area contributed by atoms with Crippen LogP contribution in [0.4, 0.5) is 0 Å². The molecule has 0 aliphatic carbocycles. The number of hydrogen-bond acceptors (Lipinski definition) is 9. The molecule has 0 unspecified atom stereocenters. The summed E-state index contributed by atoms with van der Waals surface area (Å²) in [7, 11) is -0.377. The van der Waals surface area contributed by atoms with Crippen LogP contribution in [0.3, 0.4) is 0 Å². The molecule has 0 fully saturated rings. The quantitative estimate of drug-likeness (QED) is 0.110. The predicted octanol–water partition coefficient (Wildman–Crippen LogP) is 2.80. The summed E-state index contributed by atoms with van der Waals surface area (Å²) in [6, 6.07) is 5.47. The molecule has 0 aromatic heterocycles. The maximum Gasteiger partial charge on any atom is 0.261 e. The lowest BCUT2D eigenvalue weighted by Crippen LogP contribution is -2.46. The van der Waals surface area contributed by atoms with Crippen LogP contribution in [-0.2, 0) is 30.9 Å². The molecule has 0 radical (unpaired) electrons. The van der Waals surface area contributed by atoms with E-state index in [1.807, 2.05) is 32.0 Å². The Morgan fingerprint density at radius 3 is 2.09 bits per heavy atom. The summed E-state index contributed by atoms with van der Waals surface area (Å²) in [6.45, 7) is 12.9. The topological polar surface area (TPSA) is 200 Å². The third kappa shape index (κ3) is 17.1. The Morgan fingerprint density at radius 1 is 1.02 bits per heavy atom. The number of aliphatic hydroxyl groups is 1. The number of carbonyl (C=O) groups is 2. The van der Waals surface area contributed by atoms with Gasteiger partial charge in [-0.3, -0.25) is 14.1 Å². The molecular formula is C31H57N3O9S. The second-order valence-corrected chi connectivity index (χ2v) is 14.1. The minimum Gasteiger partial charge on any atom is -0.493 e. The van der Waals surface area contributed by atoms with Gasteiger partial charge in [0.2, 0.25) is 11.8 Å². The number of methoxy groups -OCH3 is 2. The van der Waals surface area contributed by atoms with E-state index in [2.05, 4.69) is 19.2 Å². The third-order valence-electron chi connectivity index (χ3n) is 7.50. The molecule has 2 amide bonds. The average molecular weight is 648 g/mol. The third-order valence-corrected chi connectivity index (χ3v) is 7.50. The van der Waals surface area contributed by atoms with Crippen molar-refractivity contribution in [3.63, 3.8) is 0 Å². The summed E-state index contributed by atoms with van der Waals surface area (Å²) in [5.41, 5.74) is 12.2. The van der Waals surface area contributed by atoms with E-state index in [1.54, 1.807) is 28.1 Å². The lowest BCUT2D eigenvalue weighted by Gasteiger charge is -2.30. The summed E-state index contributed by atoms with van der Waals surface area (Å²) in [6.07, 6.45) is 2.28. The molecule has 1 aromatic rings. The van der Waals surface area contributed by atoms with Crippen molar-refractivity contribution in [3.8, 4) is 11.5 Å². The van der Waals surface area contributed by atoms with E-state index in [-0.39, 0.29) is 30.7 Å². The molecule has 13 heteroatoms. The molecule has 0 bridgehead atoms. The summed E-state index contributed by atoms with van der Waals surface area (Å²) in [5.74, 6) is 0.792.